The molecule has 3 aromatic carbocycles. The largest absolute Gasteiger partial charge is 0.495 e. The molecule has 3 rings (SSSR count). The van der Waals surface area contributed by atoms with Crippen LogP contribution in [0.25, 0.3) is 0 Å². The Hall–Kier alpha value is -3.63. The van der Waals surface area contributed by atoms with Gasteiger partial charge in [0.1, 0.15) is 12.3 Å². The topological polar surface area (TPSA) is 119 Å². The lowest BCUT2D eigenvalue weighted by Gasteiger charge is -2.26. The third kappa shape index (κ3) is 5.29. The highest BCUT2D eigenvalue weighted by molar-refractivity contribution is 7.92. The van der Waals surface area contributed by atoms with Gasteiger partial charge in [-0.25, -0.2) is 8.42 Å². The molecule has 34 heavy (non-hydrogen) atoms. The van der Waals surface area contributed by atoms with E-state index in [1.54, 1.807) is 12.1 Å². The van der Waals surface area contributed by atoms with Gasteiger partial charge in [-0.2, -0.15) is 0 Å². The molecule has 0 unspecified atom stereocenters. The van der Waals surface area contributed by atoms with E-state index in [-0.39, 0.29) is 38.3 Å². The first kappa shape index (κ1) is 25.0. The van der Waals surface area contributed by atoms with Crippen LogP contribution in [-0.4, -0.2) is 32.9 Å². The van der Waals surface area contributed by atoms with E-state index < -0.39 is 27.4 Å². The molecule has 9 nitrogen and oxygen atoms in total. The van der Waals surface area contributed by atoms with E-state index in [0.29, 0.717) is 0 Å². The minimum absolute atomic E-state index is 0.0283. The minimum Gasteiger partial charge on any atom is -0.495 e. The van der Waals surface area contributed by atoms with Crippen LogP contribution in [0.4, 0.5) is 17.1 Å². The lowest BCUT2D eigenvalue weighted by molar-refractivity contribution is -0.385. The Morgan fingerprint density at radius 2 is 1.79 bits per heavy atom. The number of methoxy groups -OCH3 is 1. The van der Waals surface area contributed by atoms with Crippen molar-refractivity contribution in [1.29, 1.82) is 0 Å². The number of benzene rings is 3. The van der Waals surface area contributed by atoms with Crippen molar-refractivity contribution >= 4 is 44.6 Å². The number of nitrogens with one attached hydrogen (secondary N) is 1. The normalized spacial score (nSPS) is 11.1. The Morgan fingerprint density at radius 3 is 2.41 bits per heavy atom. The molecule has 11 heteroatoms. The average molecular weight is 504 g/mol. The van der Waals surface area contributed by atoms with Crippen LogP contribution in [0.5, 0.6) is 5.75 Å². The first-order chi connectivity index (χ1) is 16.0. The Labute approximate surface area is 202 Å². The van der Waals surface area contributed by atoms with Gasteiger partial charge in [0.25, 0.3) is 15.7 Å². The molecule has 3 aromatic rings. The maximum absolute atomic E-state index is 13.6. The van der Waals surface area contributed by atoms with Crippen LogP contribution in [0.1, 0.15) is 11.1 Å². The summed E-state index contributed by atoms with van der Waals surface area (Å²) in [5.41, 5.74) is 1.21. The number of hydrogen-bond donors (Lipinski definition) is 1. The van der Waals surface area contributed by atoms with Gasteiger partial charge < -0.3 is 10.1 Å². The SMILES string of the molecule is COc1ccc(Cl)cc1N(CC(=O)Nc1cccc([N+](=O)[O-])c1C)S(=O)(=O)c1ccc(C)cc1. The van der Waals surface area contributed by atoms with Gasteiger partial charge in [-0.05, 0) is 50.2 Å². The number of rotatable bonds is 8. The maximum Gasteiger partial charge on any atom is 0.274 e. The standard InChI is InChI=1S/C23H22ClN3O6S/c1-15-7-10-18(11-8-15)34(31,32)26(21-13-17(24)9-12-22(21)33-3)14-23(28)25-19-5-4-6-20(16(19)2)27(29)30/h4-13H,14H2,1-3H3,(H,25,28). The quantitative estimate of drug-likeness (QED) is 0.351. The van der Waals surface area contributed by atoms with Gasteiger partial charge in [-0.1, -0.05) is 35.4 Å². The maximum atomic E-state index is 13.6. The van der Waals surface area contributed by atoms with Gasteiger partial charge in [-0.15, -0.1) is 0 Å². The van der Waals surface area contributed by atoms with Gasteiger partial charge in [-0.3, -0.25) is 19.2 Å². The molecular formula is C23H22ClN3O6S. The van der Waals surface area contributed by atoms with Crippen LogP contribution < -0.4 is 14.4 Å². The zero-order valence-electron chi connectivity index (χ0n) is 18.6. The molecule has 1 N–H and O–H groups in total. The van der Waals surface area contributed by atoms with Crippen molar-refractivity contribution in [2.75, 3.05) is 23.3 Å². The number of halogens is 1. The number of aryl methyl sites for hydroxylation is 1. The Balaban J connectivity index is 2.04. The number of sulfonamides is 1. The van der Waals surface area contributed by atoms with Gasteiger partial charge >= 0.3 is 0 Å². The number of anilines is 2. The number of carbonyl (C=O) groups is 1. The van der Waals surface area contributed by atoms with Crippen molar-refractivity contribution in [3.63, 3.8) is 0 Å². The summed E-state index contributed by atoms with van der Waals surface area (Å²) in [5.74, 6) is -0.513. The number of amides is 1. The van der Waals surface area contributed by atoms with E-state index in [0.717, 1.165) is 9.87 Å². The van der Waals surface area contributed by atoms with Crippen LogP contribution in [0.2, 0.25) is 5.02 Å². The van der Waals surface area contributed by atoms with Crippen molar-refractivity contribution in [2.24, 2.45) is 0 Å². The predicted octanol–water partition coefficient (Wildman–Crippen LogP) is 4.71. The number of ether oxygens (including phenoxy) is 1. The summed E-state index contributed by atoms with van der Waals surface area (Å²) in [5, 5.41) is 14.0. The van der Waals surface area contributed by atoms with Gasteiger partial charge in [0.2, 0.25) is 5.91 Å². The van der Waals surface area contributed by atoms with Crippen molar-refractivity contribution in [1.82, 2.24) is 0 Å². The fourth-order valence-electron chi connectivity index (χ4n) is 3.27. The molecule has 0 aliphatic heterocycles. The van der Waals surface area contributed by atoms with Crippen LogP contribution in [0.3, 0.4) is 0 Å². The van der Waals surface area contributed by atoms with Crippen LogP contribution in [-0.2, 0) is 14.8 Å². The number of nitrogens with zero attached hydrogens (tertiary/aromatic N) is 2. The summed E-state index contributed by atoms with van der Waals surface area (Å²) in [7, 11) is -2.84. The molecule has 0 radical (unpaired) electrons. The van der Waals surface area contributed by atoms with Gasteiger partial charge in [0.05, 0.1) is 33.9 Å². The molecule has 0 fully saturated rings. The minimum atomic E-state index is -4.21. The second kappa shape index (κ2) is 10.1. The molecular weight excluding hydrogens is 482 g/mol. The lowest BCUT2D eigenvalue weighted by atomic mass is 10.1. The average Bonchev–Trinajstić information content (AvgIpc) is 2.79. The zero-order chi connectivity index (χ0) is 25.0. The molecule has 0 atom stereocenters. The van der Waals surface area contributed by atoms with E-state index in [1.807, 2.05) is 6.92 Å². The van der Waals surface area contributed by atoms with E-state index in [9.17, 15) is 23.3 Å². The predicted molar refractivity (Wildman–Crippen MR) is 130 cm³/mol. The first-order valence-electron chi connectivity index (χ1n) is 10.0. The number of carbonyl (C=O) groups excluding carboxylic acids is 1. The molecule has 0 bridgehead atoms. The molecule has 178 valence electrons. The van der Waals surface area contributed by atoms with Crippen molar-refractivity contribution in [3.8, 4) is 5.75 Å². The van der Waals surface area contributed by atoms with Crippen LogP contribution >= 0.6 is 11.6 Å². The number of nitro groups is 1. The molecule has 0 aliphatic rings. The molecule has 0 heterocycles. The van der Waals surface area contributed by atoms with Gasteiger partial charge in [0.15, 0.2) is 0 Å². The number of hydrogen-bond acceptors (Lipinski definition) is 6. The molecule has 0 saturated heterocycles. The second-order valence-corrected chi connectivity index (χ2v) is 9.69. The first-order valence-corrected chi connectivity index (χ1v) is 11.8. The molecule has 0 saturated carbocycles. The third-order valence-corrected chi connectivity index (χ3v) is 7.09. The summed E-state index contributed by atoms with van der Waals surface area (Å²) < 4.78 is 33.4. The van der Waals surface area contributed by atoms with E-state index in [2.05, 4.69) is 5.32 Å². The summed E-state index contributed by atoms with van der Waals surface area (Å²) in [6.07, 6.45) is 0. The lowest BCUT2D eigenvalue weighted by Crippen LogP contribution is -2.38. The molecule has 1 amide bonds. The van der Waals surface area contributed by atoms with E-state index >= 15 is 0 Å². The fourth-order valence-corrected chi connectivity index (χ4v) is 4.86. The highest BCUT2D eigenvalue weighted by atomic mass is 35.5. The summed E-state index contributed by atoms with van der Waals surface area (Å²) in [4.78, 5) is 23.6. The third-order valence-electron chi connectivity index (χ3n) is 5.08. The summed E-state index contributed by atoms with van der Waals surface area (Å²) in [6, 6.07) is 14.8. The molecule has 0 aliphatic carbocycles. The van der Waals surface area contributed by atoms with Crippen LogP contribution in [0.15, 0.2) is 65.6 Å². The number of nitro benzene ring substituents is 1. The highest BCUT2D eigenvalue weighted by Crippen LogP contribution is 2.35. The summed E-state index contributed by atoms with van der Waals surface area (Å²) in [6.45, 7) is 2.69. The smallest absolute Gasteiger partial charge is 0.274 e. The van der Waals surface area contributed by atoms with Crippen molar-refractivity contribution in [2.45, 2.75) is 18.7 Å². The zero-order valence-corrected chi connectivity index (χ0v) is 20.2. The van der Waals surface area contributed by atoms with E-state index in [1.165, 1.54) is 62.6 Å². The van der Waals surface area contributed by atoms with Crippen molar-refractivity contribution < 1.29 is 22.9 Å². The van der Waals surface area contributed by atoms with Gasteiger partial charge in [0, 0.05) is 11.1 Å². The monoisotopic (exact) mass is 503 g/mol. The molecule has 0 spiro atoms. The Kier molecular flexibility index (Phi) is 7.43. The molecule has 0 aromatic heterocycles. The second-order valence-electron chi connectivity index (χ2n) is 7.40. The summed E-state index contributed by atoms with van der Waals surface area (Å²) >= 11 is 6.13. The Morgan fingerprint density at radius 1 is 1.12 bits per heavy atom. The van der Waals surface area contributed by atoms with Crippen molar-refractivity contribution in [3.05, 3.63) is 86.9 Å². The fraction of sp³-hybridized carbons (Fsp3) is 0.174. The van der Waals surface area contributed by atoms with E-state index in [4.69, 9.17) is 16.3 Å². The Bertz CT molecular complexity index is 1340. The highest BCUT2D eigenvalue weighted by Gasteiger charge is 2.30. The van der Waals surface area contributed by atoms with Crippen LogP contribution in [0, 0.1) is 24.0 Å².